The van der Waals surface area contributed by atoms with Gasteiger partial charge in [-0.05, 0) is 38.5 Å². The number of imidazole rings is 1. The van der Waals surface area contributed by atoms with Crippen LogP contribution in [0.25, 0.3) is 11.4 Å². The predicted octanol–water partition coefficient (Wildman–Crippen LogP) is 2.47. The summed E-state index contributed by atoms with van der Waals surface area (Å²) in [6.07, 6.45) is 1.81. The molecule has 0 aliphatic carbocycles. The summed E-state index contributed by atoms with van der Waals surface area (Å²) >= 11 is 0. The van der Waals surface area contributed by atoms with Gasteiger partial charge in [-0.2, -0.15) is 0 Å². The monoisotopic (exact) mass is 231 g/mol. The molecule has 0 atom stereocenters. The summed E-state index contributed by atoms with van der Waals surface area (Å²) in [6, 6.07) is 4.03. The van der Waals surface area contributed by atoms with Crippen molar-refractivity contribution in [3.63, 3.8) is 0 Å². The van der Waals surface area contributed by atoms with Crippen molar-refractivity contribution in [2.75, 3.05) is 7.11 Å². The molecule has 0 bridgehead atoms. The van der Waals surface area contributed by atoms with Gasteiger partial charge in [-0.3, -0.25) is 4.98 Å². The Kier molecular flexibility index (Phi) is 3.24. The molecule has 17 heavy (non-hydrogen) atoms. The third-order valence-corrected chi connectivity index (χ3v) is 2.83. The van der Waals surface area contributed by atoms with E-state index in [1.807, 2.05) is 36.7 Å². The summed E-state index contributed by atoms with van der Waals surface area (Å²) in [5.74, 6) is 0.947. The summed E-state index contributed by atoms with van der Waals surface area (Å²) in [7, 11) is 1.68. The molecular formula is C13H17N3O. The zero-order valence-electron chi connectivity index (χ0n) is 10.7. The molecular weight excluding hydrogens is 214 g/mol. The van der Waals surface area contributed by atoms with Crippen molar-refractivity contribution in [3.05, 3.63) is 35.4 Å². The van der Waals surface area contributed by atoms with Crippen molar-refractivity contribution in [2.24, 2.45) is 0 Å². The van der Waals surface area contributed by atoms with Gasteiger partial charge in [-0.15, -0.1) is 0 Å². The molecule has 0 aliphatic rings. The number of hydrogen-bond acceptors (Lipinski definition) is 3. The number of pyridine rings is 1. The molecule has 0 unspecified atom stereocenters. The quantitative estimate of drug-likeness (QED) is 0.814. The van der Waals surface area contributed by atoms with Gasteiger partial charge in [0.2, 0.25) is 0 Å². The average molecular weight is 231 g/mol. The fraction of sp³-hybridized carbons (Fsp3) is 0.385. The Labute approximate surface area is 101 Å². The topological polar surface area (TPSA) is 39.9 Å². The van der Waals surface area contributed by atoms with Gasteiger partial charge < -0.3 is 9.30 Å². The lowest BCUT2D eigenvalue weighted by Crippen LogP contribution is -2.04. The van der Waals surface area contributed by atoms with Crippen molar-refractivity contribution < 1.29 is 4.74 Å². The number of aryl methyl sites for hydroxylation is 2. The third-order valence-electron chi connectivity index (χ3n) is 2.83. The van der Waals surface area contributed by atoms with E-state index in [2.05, 4.69) is 16.9 Å². The normalized spacial score (nSPS) is 10.8. The highest BCUT2D eigenvalue weighted by Gasteiger charge is 2.13. The van der Waals surface area contributed by atoms with E-state index in [-0.39, 0.29) is 0 Å². The standard InChI is InChI=1S/C13H17N3O/c1-9-5-6-14-12(7-9)13-10(2)16(8-17-4)11(3)15-13/h5-7H,8H2,1-4H3. The molecule has 4 nitrogen and oxygen atoms in total. The molecule has 0 saturated heterocycles. The molecule has 0 spiro atoms. The van der Waals surface area contributed by atoms with Crippen molar-refractivity contribution in [2.45, 2.75) is 27.5 Å². The van der Waals surface area contributed by atoms with E-state index in [1.54, 1.807) is 7.11 Å². The minimum absolute atomic E-state index is 0.524. The van der Waals surface area contributed by atoms with Crippen LogP contribution in [0.5, 0.6) is 0 Å². The lowest BCUT2D eigenvalue weighted by atomic mass is 10.2. The maximum absolute atomic E-state index is 5.17. The van der Waals surface area contributed by atoms with Crippen molar-refractivity contribution in [3.8, 4) is 11.4 Å². The molecule has 0 aromatic carbocycles. The lowest BCUT2D eigenvalue weighted by Gasteiger charge is -2.05. The van der Waals surface area contributed by atoms with E-state index >= 15 is 0 Å². The highest BCUT2D eigenvalue weighted by atomic mass is 16.5. The average Bonchev–Trinajstić information content (AvgIpc) is 2.57. The fourth-order valence-electron chi connectivity index (χ4n) is 1.90. The summed E-state index contributed by atoms with van der Waals surface area (Å²) < 4.78 is 7.21. The molecule has 0 saturated carbocycles. The SMILES string of the molecule is COCn1c(C)nc(-c2cc(C)ccn2)c1C. The van der Waals surface area contributed by atoms with Crippen LogP contribution in [0.4, 0.5) is 0 Å². The van der Waals surface area contributed by atoms with Crippen LogP contribution in [0, 0.1) is 20.8 Å². The first-order valence-electron chi connectivity index (χ1n) is 5.59. The van der Waals surface area contributed by atoms with Crippen molar-refractivity contribution >= 4 is 0 Å². The molecule has 0 aliphatic heterocycles. The molecule has 90 valence electrons. The highest BCUT2D eigenvalue weighted by Crippen LogP contribution is 2.22. The second-order valence-electron chi connectivity index (χ2n) is 4.16. The summed E-state index contributed by atoms with van der Waals surface area (Å²) in [5.41, 5.74) is 4.12. The number of nitrogens with zero attached hydrogens (tertiary/aromatic N) is 3. The first-order valence-corrected chi connectivity index (χ1v) is 5.59. The van der Waals surface area contributed by atoms with Gasteiger partial charge in [0.25, 0.3) is 0 Å². The first-order chi connectivity index (χ1) is 8.13. The van der Waals surface area contributed by atoms with E-state index < -0.39 is 0 Å². The number of ether oxygens (including phenoxy) is 1. The summed E-state index contributed by atoms with van der Waals surface area (Å²) in [5, 5.41) is 0. The van der Waals surface area contributed by atoms with E-state index in [4.69, 9.17) is 4.74 Å². The van der Waals surface area contributed by atoms with E-state index in [9.17, 15) is 0 Å². The molecule has 4 heteroatoms. The Balaban J connectivity index is 2.50. The Hall–Kier alpha value is -1.68. The van der Waals surface area contributed by atoms with Crippen LogP contribution in [0.1, 0.15) is 17.1 Å². The predicted molar refractivity (Wildman–Crippen MR) is 66.7 cm³/mol. The molecule has 2 rings (SSSR count). The Morgan fingerprint density at radius 3 is 2.71 bits per heavy atom. The fourth-order valence-corrected chi connectivity index (χ4v) is 1.90. The Morgan fingerprint density at radius 2 is 2.06 bits per heavy atom. The van der Waals surface area contributed by atoms with Gasteiger partial charge in [0.15, 0.2) is 0 Å². The maximum Gasteiger partial charge on any atom is 0.123 e. The lowest BCUT2D eigenvalue weighted by molar-refractivity contribution is 0.128. The van der Waals surface area contributed by atoms with E-state index in [0.29, 0.717) is 6.73 Å². The van der Waals surface area contributed by atoms with E-state index in [0.717, 1.165) is 22.9 Å². The second-order valence-corrected chi connectivity index (χ2v) is 4.16. The zero-order chi connectivity index (χ0) is 12.4. The van der Waals surface area contributed by atoms with Crippen molar-refractivity contribution in [1.82, 2.24) is 14.5 Å². The summed E-state index contributed by atoms with van der Waals surface area (Å²) in [4.78, 5) is 8.93. The first kappa shape index (κ1) is 11.8. The van der Waals surface area contributed by atoms with E-state index in [1.165, 1.54) is 5.56 Å². The van der Waals surface area contributed by atoms with Crippen LogP contribution < -0.4 is 0 Å². The largest absolute Gasteiger partial charge is 0.364 e. The van der Waals surface area contributed by atoms with Gasteiger partial charge in [0.1, 0.15) is 18.2 Å². The number of aromatic nitrogens is 3. The van der Waals surface area contributed by atoms with Gasteiger partial charge in [0, 0.05) is 19.0 Å². The highest BCUT2D eigenvalue weighted by molar-refractivity contribution is 5.58. The minimum Gasteiger partial charge on any atom is -0.364 e. The molecule has 2 heterocycles. The number of hydrogen-bond donors (Lipinski definition) is 0. The van der Waals surface area contributed by atoms with Crippen LogP contribution in [0.15, 0.2) is 18.3 Å². The Bertz CT molecular complexity index is 531. The number of methoxy groups -OCH3 is 1. The van der Waals surface area contributed by atoms with Crippen LogP contribution >= 0.6 is 0 Å². The van der Waals surface area contributed by atoms with Gasteiger partial charge in [-0.25, -0.2) is 4.98 Å². The van der Waals surface area contributed by atoms with Crippen LogP contribution in [-0.2, 0) is 11.5 Å². The van der Waals surface area contributed by atoms with Crippen molar-refractivity contribution in [1.29, 1.82) is 0 Å². The van der Waals surface area contributed by atoms with Crippen LogP contribution in [0.3, 0.4) is 0 Å². The van der Waals surface area contributed by atoms with Gasteiger partial charge in [0.05, 0.1) is 5.69 Å². The number of rotatable bonds is 3. The molecule has 0 fully saturated rings. The van der Waals surface area contributed by atoms with Crippen LogP contribution in [-0.4, -0.2) is 21.6 Å². The molecule has 0 radical (unpaired) electrons. The maximum atomic E-state index is 5.17. The summed E-state index contributed by atoms with van der Waals surface area (Å²) in [6.45, 7) is 6.60. The van der Waals surface area contributed by atoms with Crippen LogP contribution in [0.2, 0.25) is 0 Å². The molecule has 0 amide bonds. The zero-order valence-corrected chi connectivity index (χ0v) is 10.7. The smallest absolute Gasteiger partial charge is 0.123 e. The minimum atomic E-state index is 0.524. The van der Waals surface area contributed by atoms with Gasteiger partial charge in [-0.1, -0.05) is 0 Å². The van der Waals surface area contributed by atoms with Gasteiger partial charge >= 0.3 is 0 Å². The molecule has 2 aromatic rings. The molecule has 0 N–H and O–H groups in total. The third kappa shape index (κ3) is 2.22. The Morgan fingerprint density at radius 1 is 1.29 bits per heavy atom. The molecule has 2 aromatic heterocycles. The second kappa shape index (κ2) is 4.67.